The van der Waals surface area contributed by atoms with E-state index in [2.05, 4.69) is 20.4 Å². The zero-order chi connectivity index (χ0) is 22.5. The predicted molar refractivity (Wildman–Crippen MR) is 124 cm³/mol. The molecular formula is C23H25N5O3S. The summed E-state index contributed by atoms with van der Waals surface area (Å²) in [5.74, 6) is 0.617. The molecule has 0 saturated carbocycles. The summed E-state index contributed by atoms with van der Waals surface area (Å²) in [5.41, 5.74) is 3.63. The topological polar surface area (TPSA) is 91.6 Å². The van der Waals surface area contributed by atoms with E-state index in [0.29, 0.717) is 24.2 Å². The van der Waals surface area contributed by atoms with Crippen LogP contribution in [0.1, 0.15) is 21.8 Å². The van der Waals surface area contributed by atoms with Crippen molar-refractivity contribution in [1.29, 1.82) is 0 Å². The van der Waals surface area contributed by atoms with Gasteiger partial charge in [-0.2, -0.15) is 0 Å². The molecule has 0 bridgehead atoms. The van der Waals surface area contributed by atoms with Gasteiger partial charge in [-0.1, -0.05) is 29.5 Å². The number of aryl methyl sites for hydroxylation is 2. The van der Waals surface area contributed by atoms with E-state index in [1.165, 1.54) is 11.8 Å². The highest BCUT2D eigenvalue weighted by Crippen LogP contribution is 2.21. The number of hydrogen-bond acceptors (Lipinski definition) is 7. The fraction of sp³-hybridized carbons (Fsp3) is 0.304. The quantitative estimate of drug-likeness (QED) is 0.575. The first-order chi connectivity index (χ1) is 15.5. The Kier molecular flexibility index (Phi) is 6.75. The SMILES string of the molecule is Cc1cccc(C(=O)N2CCN(c3ccc(NC(=O)CSc4nnc(C)o4)cc3)CC2)c1. The lowest BCUT2D eigenvalue weighted by molar-refractivity contribution is -0.113. The Morgan fingerprint density at radius 1 is 1.03 bits per heavy atom. The monoisotopic (exact) mass is 451 g/mol. The smallest absolute Gasteiger partial charge is 0.277 e. The molecule has 4 rings (SSSR count). The molecule has 1 aliphatic heterocycles. The molecular weight excluding hydrogens is 426 g/mol. The van der Waals surface area contributed by atoms with E-state index in [4.69, 9.17) is 4.42 Å². The Bertz CT molecular complexity index is 1090. The van der Waals surface area contributed by atoms with Crippen molar-refractivity contribution in [1.82, 2.24) is 15.1 Å². The zero-order valence-electron chi connectivity index (χ0n) is 18.1. The maximum atomic E-state index is 12.7. The molecule has 1 N–H and O–H groups in total. The van der Waals surface area contributed by atoms with Crippen LogP contribution in [0, 0.1) is 13.8 Å². The second kappa shape index (κ2) is 9.86. The molecule has 2 heterocycles. The molecule has 3 aromatic rings. The van der Waals surface area contributed by atoms with Gasteiger partial charge in [0.1, 0.15) is 0 Å². The summed E-state index contributed by atoms with van der Waals surface area (Å²) in [5, 5.41) is 10.9. The highest BCUT2D eigenvalue weighted by atomic mass is 32.2. The number of anilines is 2. The average molecular weight is 452 g/mol. The van der Waals surface area contributed by atoms with Crippen molar-refractivity contribution in [3.63, 3.8) is 0 Å². The first-order valence-electron chi connectivity index (χ1n) is 10.4. The minimum absolute atomic E-state index is 0.0833. The lowest BCUT2D eigenvalue weighted by atomic mass is 10.1. The first-order valence-corrected chi connectivity index (χ1v) is 11.4. The van der Waals surface area contributed by atoms with E-state index in [1.54, 1.807) is 6.92 Å². The Balaban J connectivity index is 1.26. The molecule has 0 unspecified atom stereocenters. The summed E-state index contributed by atoms with van der Waals surface area (Å²) in [6, 6.07) is 15.5. The van der Waals surface area contributed by atoms with Gasteiger partial charge in [0.15, 0.2) is 0 Å². The largest absolute Gasteiger partial charge is 0.416 e. The number of aromatic nitrogens is 2. The minimum atomic E-state index is -0.137. The van der Waals surface area contributed by atoms with Crippen LogP contribution in [0.15, 0.2) is 58.2 Å². The van der Waals surface area contributed by atoms with Crippen LogP contribution in [0.2, 0.25) is 0 Å². The lowest BCUT2D eigenvalue weighted by Gasteiger charge is -2.36. The second-order valence-corrected chi connectivity index (χ2v) is 8.55. The zero-order valence-corrected chi connectivity index (χ0v) is 18.9. The fourth-order valence-corrected chi connectivity index (χ4v) is 4.15. The van der Waals surface area contributed by atoms with Crippen molar-refractivity contribution >= 4 is 35.0 Å². The van der Waals surface area contributed by atoms with Crippen LogP contribution in [0.4, 0.5) is 11.4 Å². The number of carbonyl (C=O) groups excluding carboxylic acids is 2. The molecule has 0 spiro atoms. The molecule has 166 valence electrons. The molecule has 0 radical (unpaired) electrons. The molecule has 32 heavy (non-hydrogen) atoms. The Morgan fingerprint density at radius 3 is 2.44 bits per heavy atom. The molecule has 1 aromatic heterocycles. The normalized spacial score (nSPS) is 13.8. The van der Waals surface area contributed by atoms with Gasteiger partial charge in [0.05, 0.1) is 5.75 Å². The molecule has 1 saturated heterocycles. The van der Waals surface area contributed by atoms with Crippen LogP contribution in [0.5, 0.6) is 0 Å². The van der Waals surface area contributed by atoms with Crippen molar-refractivity contribution < 1.29 is 14.0 Å². The van der Waals surface area contributed by atoms with Gasteiger partial charge in [0, 0.05) is 50.0 Å². The number of rotatable bonds is 6. The van der Waals surface area contributed by atoms with Crippen LogP contribution in [0.25, 0.3) is 0 Å². The second-order valence-electron chi connectivity index (χ2n) is 7.62. The van der Waals surface area contributed by atoms with Gasteiger partial charge in [-0.15, -0.1) is 10.2 Å². The molecule has 9 heteroatoms. The number of nitrogens with zero attached hydrogens (tertiary/aromatic N) is 4. The fourth-order valence-electron chi connectivity index (χ4n) is 3.55. The highest BCUT2D eigenvalue weighted by molar-refractivity contribution is 7.99. The number of hydrogen-bond donors (Lipinski definition) is 1. The third-order valence-electron chi connectivity index (χ3n) is 5.18. The maximum absolute atomic E-state index is 12.7. The number of piperazine rings is 1. The van der Waals surface area contributed by atoms with Crippen molar-refractivity contribution in [2.45, 2.75) is 19.1 Å². The summed E-state index contributed by atoms with van der Waals surface area (Å²) >= 11 is 1.20. The van der Waals surface area contributed by atoms with E-state index in [9.17, 15) is 9.59 Å². The van der Waals surface area contributed by atoms with Gasteiger partial charge in [-0.05, 0) is 43.3 Å². The van der Waals surface area contributed by atoms with Crippen LogP contribution >= 0.6 is 11.8 Å². The van der Waals surface area contributed by atoms with Crippen LogP contribution in [-0.2, 0) is 4.79 Å². The number of carbonyl (C=O) groups is 2. The van der Waals surface area contributed by atoms with Gasteiger partial charge >= 0.3 is 0 Å². The Labute approximate surface area is 191 Å². The van der Waals surface area contributed by atoms with Crippen molar-refractivity contribution in [3.05, 3.63) is 65.5 Å². The predicted octanol–water partition coefficient (Wildman–Crippen LogP) is 3.38. The van der Waals surface area contributed by atoms with Crippen molar-refractivity contribution in [2.75, 3.05) is 42.1 Å². The number of benzene rings is 2. The van der Waals surface area contributed by atoms with Crippen LogP contribution in [-0.4, -0.2) is 58.8 Å². The van der Waals surface area contributed by atoms with Gasteiger partial charge in [0.25, 0.3) is 11.1 Å². The first kappa shape index (κ1) is 21.9. The van der Waals surface area contributed by atoms with Crippen molar-refractivity contribution in [3.8, 4) is 0 Å². The van der Waals surface area contributed by atoms with Gasteiger partial charge in [0.2, 0.25) is 11.8 Å². The summed E-state index contributed by atoms with van der Waals surface area (Å²) < 4.78 is 5.25. The molecule has 2 amide bonds. The van der Waals surface area contributed by atoms with E-state index < -0.39 is 0 Å². The summed E-state index contributed by atoms with van der Waals surface area (Å²) in [7, 11) is 0. The van der Waals surface area contributed by atoms with E-state index >= 15 is 0 Å². The Hall–Kier alpha value is -3.33. The Morgan fingerprint density at radius 2 is 1.78 bits per heavy atom. The van der Waals surface area contributed by atoms with E-state index in [0.717, 1.165) is 35.6 Å². The van der Waals surface area contributed by atoms with E-state index in [-0.39, 0.29) is 17.6 Å². The van der Waals surface area contributed by atoms with Gasteiger partial charge < -0.3 is 19.5 Å². The molecule has 8 nitrogen and oxygen atoms in total. The summed E-state index contributed by atoms with van der Waals surface area (Å²) in [6.45, 7) is 6.59. The summed E-state index contributed by atoms with van der Waals surface area (Å²) in [6.07, 6.45) is 0. The molecule has 0 atom stereocenters. The van der Waals surface area contributed by atoms with E-state index in [1.807, 2.05) is 60.4 Å². The summed E-state index contributed by atoms with van der Waals surface area (Å²) in [4.78, 5) is 29.0. The number of thioether (sulfide) groups is 1. The molecule has 0 aliphatic carbocycles. The standard InChI is InChI=1S/C23H25N5O3S/c1-16-4-3-5-18(14-16)22(30)28-12-10-27(11-13-28)20-8-6-19(7-9-20)24-21(29)15-32-23-26-25-17(2)31-23/h3-9,14H,10-13,15H2,1-2H3,(H,24,29). The van der Waals surface area contributed by atoms with Crippen LogP contribution in [0.3, 0.4) is 0 Å². The molecule has 2 aromatic carbocycles. The van der Waals surface area contributed by atoms with Gasteiger partial charge in [-0.25, -0.2) is 0 Å². The highest BCUT2D eigenvalue weighted by Gasteiger charge is 2.22. The minimum Gasteiger partial charge on any atom is -0.416 e. The van der Waals surface area contributed by atoms with Gasteiger partial charge in [-0.3, -0.25) is 9.59 Å². The number of nitrogens with one attached hydrogen (secondary N) is 1. The third-order valence-corrected chi connectivity index (χ3v) is 6.00. The molecule has 1 aliphatic rings. The molecule has 1 fully saturated rings. The maximum Gasteiger partial charge on any atom is 0.277 e. The average Bonchev–Trinajstić information content (AvgIpc) is 3.23. The van der Waals surface area contributed by atoms with Crippen LogP contribution < -0.4 is 10.2 Å². The lowest BCUT2D eigenvalue weighted by Crippen LogP contribution is -2.48. The third kappa shape index (κ3) is 5.47. The van der Waals surface area contributed by atoms with Crippen molar-refractivity contribution in [2.24, 2.45) is 0 Å². The number of amides is 2.